The van der Waals surface area contributed by atoms with E-state index in [0.717, 1.165) is 24.2 Å². The molecule has 0 unspecified atom stereocenters. The summed E-state index contributed by atoms with van der Waals surface area (Å²) in [6.07, 6.45) is 4.55. The van der Waals surface area contributed by atoms with Crippen molar-refractivity contribution >= 4 is 23.1 Å². The number of hydrogen-bond donors (Lipinski definition) is 2. The molecule has 116 valence electrons. The van der Waals surface area contributed by atoms with Crippen LogP contribution in [0.25, 0.3) is 0 Å². The molecule has 0 radical (unpaired) electrons. The number of carbonyl (C=O) groups excluding carboxylic acids is 1. The van der Waals surface area contributed by atoms with Gasteiger partial charge in [0.2, 0.25) is 0 Å². The normalized spacial score (nSPS) is 14.7. The summed E-state index contributed by atoms with van der Waals surface area (Å²) < 4.78 is 5.68. The molecule has 2 N–H and O–H groups in total. The maximum Gasteiger partial charge on any atom is 0.319 e. The molecule has 0 atom stereocenters. The fourth-order valence-electron chi connectivity index (χ4n) is 2.55. The molecule has 3 rings (SSSR count). The summed E-state index contributed by atoms with van der Waals surface area (Å²) in [6, 6.07) is 7.56. The molecule has 0 bridgehead atoms. The van der Waals surface area contributed by atoms with Crippen molar-refractivity contribution in [3.8, 4) is 5.75 Å². The molecule has 2 amide bonds. The Morgan fingerprint density at radius 1 is 1.36 bits per heavy atom. The Morgan fingerprint density at radius 2 is 2.23 bits per heavy atom. The van der Waals surface area contributed by atoms with E-state index in [1.54, 1.807) is 16.8 Å². The third kappa shape index (κ3) is 4.21. The SMILES string of the molecule is O=C(Nc1cccc(OCc2cscn2)c1)NC1CCCC1. The van der Waals surface area contributed by atoms with Crippen LogP contribution in [0.1, 0.15) is 31.4 Å². The molecular formula is C16H19N3O2S. The second-order valence-corrected chi connectivity index (χ2v) is 6.09. The molecule has 0 saturated heterocycles. The van der Waals surface area contributed by atoms with Crippen LogP contribution in [-0.4, -0.2) is 17.1 Å². The predicted octanol–water partition coefficient (Wildman–Crippen LogP) is 3.79. The lowest BCUT2D eigenvalue weighted by Gasteiger charge is -2.13. The van der Waals surface area contributed by atoms with E-state index in [1.807, 2.05) is 29.6 Å². The topological polar surface area (TPSA) is 63.2 Å². The number of thiazole rings is 1. The summed E-state index contributed by atoms with van der Waals surface area (Å²) in [5.74, 6) is 0.715. The minimum Gasteiger partial charge on any atom is -0.487 e. The second-order valence-electron chi connectivity index (χ2n) is 5.38. The van der Waals surface area contributed by atoms with Crippen LogP contribution in [0.3, 0.4) is 0 Å². The number of rotatable bonds is 5. The molecule has 5 nitrogen and oxygen atoms in total. The van der Waals surface area contributed by atoms with Gasteiger partial charge in [0.15, 0.2) is 0 Å². The van der Waals surface area contributed by atoms with Crippen LogP contribution in [0, 0.1) is 0 Å². The standard InChI is InChI=1S/C16H19N3O2S/c20-16(18-12-4-1-2-5-12)19-13-6-3-7-15(8-13)21-9-14-10-22-11-17-14/h3,6-8,10-12H,1-2,4-5,9H2,(H2,18,19,20). The van der Waals surface area contributed by atoms with Gasteiger partial charge in [-0.3, -0.25) is 0 Å². The molecule has 1 heterocycles. The van der Waals surface area contributed by atoms with Gasteiger partial charge in [-0.1, -0.05) is 18.9 Å². The highest BCUT2D eigenvalue weighted by Crippen LogP contribution is 2.20. The van der Waals surface area contributed by atoms with Gasteiger partial charge >= 0.3 is 6.03 Å². The lowest BCUT2D eigenvalue weighted by molar-refractivity contribution is 0.248. The maximum absolute atomic E-state index is 12.0. The Kier molecular flexibility index (Phi) is 4.90. The first-order chi connectivity index (χ1) is 10.8. The van der Waals surface area contributed by atoms with Crippen molar-refractivity contribution in [3.05, 3.63) is 40.8 Å². The van der Waals surface area contributed by atoms with Crippen molar-refractivity contribution in [2.75, 3.05) is 5.32 Å². The molecule has 0 spiro atoms. The quantitative estimate of drug-likeness (QED) is 0.882. The molecule has 6 heteroatoms. The summed E-state index contributed by atoms with van der Waals surface area (Å²) in [7, 11) is 0. The van der Waals surface area contributed by atoms with E-state index in [0.29, 0.717) is 18.4 Å². The summed E-state index contributed by atoms with van der Waals surface area (Å²) in [5.41, 5.74) is 3.41. The first-order valence-corrected chi connectivity index (χ1v) is 8.41. The van der Waals surface area contributed by atoms with Gasteiger partial charge in [-0.2, -0.15) is 0 Å². The van der Waals surface area contributed by atoms with E-state index in [9.17, 15) is 4.79 Å². The van der Waals surface area contributed by atoms with E-state index in [2.05, 4.69) is 15.6 Å². The van der Waals surface area contributed by atoms with E-state index in [-0.39, 0.29) is 6.03 Å². The molecule has 1 aromatic carbocycles. The number of ether oxygens (including phenoxy) is 1. The van der Waals surface area contributed by atoms with Gasteiger partial charge in [0.1, 0.15) is 12.4 Å². The average Bonchev–Trinajstić information content (AvgIpc) is 3.18. The van der Waals surface area contributed by atoms with Crippen molar-refractivity contribution in [3.63, 3.8) is 0 Å². The van der Waals surface area contributed by atoms with Crippen LogP contribution in [-0.2, 0) is 6.61 Å². The first kappa shape index (κ1) is 14.8. The van der Waals surface area contributed by atoms with Gasteiger partial charge in [-0.05, 0) is 25.0 Å². The average molecular weight is 317 g/mol. The second kappa shape index (κ2) is 7.26. The highest BCUT2D eigenvalue weighted by molar-refractivity contribution is 7.07. The van der Waals surface area contributed by atoms with Crippen LogP contribution in [0.5, 0.6) is 5.75 Å². The zero-order valence-electron chi connectivity index (χ0n) is 12.2. The highest BCUT2D eigenvalue weighted by Gasteiger charge is 2.16. The monoisotopic (exact) mass is 317 g/mol. The number of amides is 2. The van der Waals surface area contributed by atoms with Crippen LogP contribution < -0.4 is 15.4 Å². The Morgan fingerprint density at radius 3 is 3.00 bits per heavy atom. The summed E-state index contributed by atoms with van der Waals surface area (Å²) >= 11 is 1.54. The van der Waals surface area contributed by atoms with Crippen LogP contribution >= 0.6 is 11.3 Å². The fourth-order valence-corrected chi connectivity index (χ4v) is 3.10. The third-order valence-electron chi connectivity index (χ3n) is 3.65. The van der Waals surface area contributed by atoms with Gasteiger partial charge < -0.3 is 15.4 Å². The smallest absolute Gasteiger partial charge is 0.319 e. The predicted molar refractivity (Wildman–Crippen MR) is 87.3 cm³/mol. The van der Waals surface area contributed by atoms with Gasteiger partial charge in [-0.15, -0.1) is 11.3 Å². The van der Waals surface area contributed by atoms with E-state index in [1.165, 1.54) is 12.8 Å². The van der Waals surface area contributed by atoms with E-state index >= 15 is 0 Å². The number of nitrogens with zero attached hydrogens (tertiary/aromatic N) is 1. The molecule has 2 aromatic rings. The number of carbonyl (C=O) groups is 1. The minimum atomic E-state index is -0.149. The van der Waals surface area contributed by atoms with E-state index in [4.69, 9.17) is 4.74 Å². The molecule has 1 aliphatic carbocycles. The first-order valence-electron chi connectivity index (χ1n) is 7.47. The molecule has 1 aromatic heterocycles. The zero-order valence-corrected chi connectivity index (χ0v) is 13.1. The number of hydrogen-bond acceptors (Lipinski definition) is 4. The van der Waals surface area contributed by atoms with Crippen LogP contribution in [0.4, 0.5) is 10.5 Å². The van der Waals surface area contributed by atoms with Crippen LogP contribution in [0.2, 0.25) is 0 Å². The number of nitrogens with one attached hydrogen (secondary N) is 2. The fraction of sp³-hybridized carbons (Fsp3) is 0.375. The molecule has 0 aliphatic heterocycles. The Labute approximate surface area is 133 Å². The summed E-state index contributed by atoms with van der Waals surface area (Å²) in [6.45, 7) is 0.432. The number of aromatic nitrogens is 1. The van der Waals surface area contributed by atoms with Crippen molar-refractivity contribution in [2.24, 2.45) is 0 Å². The molecule has 1 saturated carbocycles. The van der Waals surface area contributed by atoms with Crippen molar-refractivity contribution in [1.29, 1.82) is 0 Å². The van der Waals surface area contributed by atoms with Crippen molar-refractivity contribution in [1.82, 2.24) is 10.3 Å². The van der Waals surface area contributed by atoms with Gasteiger partial charge in [0.05, 0.1) is 11.2 Å². The molecule has 22 heavy (non-hydrogen) atoms. The third-order valence-corrected chi connectivity index (χ3v) is 4.29. The van der Waals surface area contributed by atoms with E-state index < -0.39 is 0 Å². The van der Waals surface area contributed by atoms with Gasteiger partial charge in [-0.25, -0.2) is 9.78 Å². The lowest BCUT2D eigenvalue weighted by Crippen LogP contribution is -2.36. The maximum atomic E-state index is 12.0. The van der Waals surface area contributed by atoms with Crippen LogP contribution in [0.15, 0.2) is 35.2 Å². The molecule has 1 fully saturated rings. The number of urea groups is 1. The number of benzene rings is 1. The van der Waals surface area contributed by atoms with Crippen molar-refractivity contribution < 1.29 is 9.53 Å². The van der Waals surface area contributed by atoms with Gasteiger partial charge in [0.25, 0.3) is 0 Å². The Hall–Kier alpha value is -2.08. The van der Waals surface area contributed by atoms with Crippen molar-refractivity contribution in [2.45, 2.75) is 38.3 Å². The summed E-state index contributed by atoms with van der Waals surface area (Å²) in [4.78, 5) is 16.1. The molecule has 1 aliphatic rings. The molecular weight excluding hydrogens is 298 g/mol. The van der Waals surface area contributed by atoms with Gasteiger partial charge in [0, 0.05) is 23.2 Å². The highest BCUT2D eigenvalue weighted by atomic mass is 32.1. The largest absolute Gasteiger partial charge is 0.487 e. The summed E-state index contributed by atoms with van der Waals surface area (Å²) in [5, 5.41) is 7.82. The Balaban J connectivity index is 1.52. The Bertz CT molecular complexity index is 610. The minimum absolute atomic E-state index is 0.149. The zero-order chi connectivity index (χ0) is 15.2. The lowest BCUT2D eigenvalue weighted by atomic mass is 10.2. The number of anilines is 1.